The van der Waals surface area contributed by atoms with Crippen LogP contribution in [0, 0.1) is 0 Å². The Morgan fingerprint density at radius 2 is 2.12 bits per heavy atom. The van der Waals surface area contributed by atoms with E-state index in [4.69, 9.17) is 4.74 Å². The average Bonchev–Trinajstić information content (AvgIpc) is 2.30. The minimum absolute atomic E-state index is 0.408. The van der Waals surface area contributed by atoms with Crippen LogP contribution in [-0.4, -0.2) is 23.7 Å². The van der Waals surface area contributed by atoms with E-state index >= 15 is 0 Å². The summed E-state index contributed by atoms with van der Waals surface area (Å²) in [5.74, 6) is 1.90. The lowest BCUT2D eigenvalue weighted by molar-refractivity contribution is 0.161. The quantitative estimate of drug-likeness (QED) is 0.742. The van der Waals surface area contributed by atoms with E-state index in [9.17, 15) is 5.11 Å². The monoisotopic (exact) mass is 240 g/mol. The van der Waals surface area contributed by atoms with Gasteiger partial charge in [-0.2, -0.15) is 11.8 Å². The minimum Gasteiger partial charge on any atom is -0.493 e. The zero-order valence-corrected chi connectivity index (χ0v) is 10.8. The minimum atomic E-state index is -0.408. The largest absolute Gasteiger partial charge is 0.493 e. The van der Waals surface area contributed by atoms with Crippen molar-refractivity contribution in [3.63, 3.8) is 0 Å². The molecule has 1 atom stereocenters. The van der Waals surface area contributed by atoms with Gasteiger partial charge in [-0.3, -0.25) is 0 Å². The molecule has 0 aromatic heterocycles. The molecule has 16 heavy (non-hydrogen) atoms. The first-order valence-electron chi connectivity index (χ1n) is 5.68. The van der Waals surface area contributed by atoms with Crippen LogP contribution >= 0.6 is 11.8 Å². The fourth-order valence-corrected chi connectivity index (χ4v) is 2.07. The van der Waals surface area contributed by atoms with Crippen LogP contribution < -0.4 is 4.74 Å². The second kappa shape index (κ2) is 7.58. The molecule has 1 unspecified atom stereocenters. The SMILES string of the molecule is CCOc1ccccc1C(O)CCCSC. The van der Waals surface area contributed by atoms with Crippen molar-refractivity contribution in [2.24, 2.45) is 0 Å². The summed E-state index contributed by atoms with van der Waals surface area (Å²) in [5.41, 5.74) is 0.908. The molecule has 2 nitrogen and oxygen atoms in total. The van der Waals surface area contributed by atoms with Gasteiger partial charge in [-0.1, -0.05) is 18.2 Å². The molecule has 0 spiro atoms. The Balaban J connectivity index is 2.62. The van der Waals surface area contributed by atoms with Gasteiger partial charge in [-0.15, -0.1) is 0 Å². The Morgan fingerprint density at radius 3 is 2.81 bits per heavy atom. The maximum absolute atomic E-state index is 10.1. The van der Waals surface area contributed by atoms with Crippen molar-refractivity contribution >= 4 is 11.8 Å². The first-order chi connectivity index (χ1) is 7.79. The number of benzene rings is 1. The van der Waals surface area contributed by atoms with Crippen molar-refractivity contribution in [2.75, 3.05) is 18.6 Å². The predicted molar refractivity (Wildman–Crippen MR) is 70.2 cm³/mol. The molecule has 3 heteroatoms. The fourth-order valence-electron chi connectivity index (χ4n) is 1.62. The van der Waals surface area contributed by atoms with Crippen molar-refractivity contribution in [2.45, 2.75) is 25.9 Å². The van der Waals surface area contributed by atoms with Gasteiger partial charge in [-0.25, -0.2) is 0 Å². The lowest BCUT2D eigenvalue weighted by atomic mass is 10.0. The summed E-state index contributed by atoms with van der Waals surface area (Å²) in [4.78, 5) is 0. The smallest absolute Gasteiger partial charge is 0.125 e. The fraction of sp³-hybridized carbons (Fsp3) is 0.538. The zero-order valence-electron chi connectivity index (χ0n) is 9.98. The highest BCUT2D eigenvalue weighted by Crippen LogP contribution is 2.28. The molecule has 0 aliphatic carbocycles. The van der Waals surface area contributed by atoms with E-state index in [0.717, 1.165) is 29.9 Å². The Morgan fingerprint density at radius 1 is 1.38 bits per heavy atom. The molecular formula is C13H20O2S. The topological polar surface area (TPSA) is 29.5 Å². The number of aliphatic hydroxyl groups excluding tert-OH is 1. The molecule has 1 aromatic carbocycles. The van der Waals surface area contributed by atoms with Crippen LogP contribution in [0.3, 0.4) is 0 Å². The molecule has 0 radical (unpaired) electrons. The maximum Gasteiger partial charge on any atom is 0.125 e. The van der Waals surface area contributed by atoms with E-state index in [-0.39, 0.29) is 0 Å². The molecule has 0 bridgehead atoms. The zero-order chi connectivity index (χ0) is 11.8. The third-order valence-electron chi connectivity index (χ3n) is 2.40. The van der Waals surface area contributed by atoms with Gasteiger partial charge in [0, 0.05) is 5.56 Å². The van der Waals surface area contributed by atoms with E-state index in [1.165, 1.54) is 0 Å². The molecule has 0 saturated carbocycles. The van der Waals surface area contributed by atoms with Gasteiger partial charge in [-0.05, 0) is 37.8 Å². The first kappa shape index (κ1) is 13.4. The van der Waals surface area contributed by atoms with Crippen molar-refractivity contribution in [1.82, 2.24) is 0 Å². The lowest BCUT2D eigenvalue weighted by Crippen LogP contribution is -2.02. The van der Waals surface area contributed by atoms with E-state index in [2.05, 4.69) is 6.26 Å². The molecule has 0 saturated heterocycles. The summed E-state index contributed by atoms with van der Waals surface area (Å²) >= 11 is 1.81. The first-order valence-corrected chi connectivity index (χ1v) is 7.07. The Bertz CT molecular complexity index is 302. The number of hydrogen-bond donors (Lipinski definition) is 1. The van der Waals surface area contributed by atoms with Gasteiger partial charge >= 0.3 is 0 Å². The number of rotatable bonds is 7. The Kier molecular flexibility index (Phi) is 6.34. The molecule has 0 amide bonds. The highest BCUT2D eigenvalue weighted by atomic mass is 32.2. The molecule has 1 rings (SSSR count). The number of para-hydroxylation sites is 1. The second-order valence-electron chi connectivity index (χ2n) is 3.62. The predicted octanol–water partition coefficient (Wildman–Crippen LogP) is 3.26. The van der Waals surface area contributed by atoms with Gasteiger partial charge in [0.15, 0.2) is 0 Å². The summed E-state index contributed by atoms with van der Waals surface area (Å²) in [5, 5.41) is 10.1. The summed E-state index contributed by atoms with van der Waals surface area (Å²) in [7, 11) is 0. The van der Waals surface area contributed by atoms with Crippen LogP contribution in [-0.2, 0) is 0 Å². The lowest BCUT2D eigenvalue weighted by Gasteiger charge is -2.15. The van der Waals surface area contributed by atoms with E-state index < -0.39 is 6.10 Å². The summed E-state index contributed by atoms with van der Waals surface area (Å²) < 4.78 is 5.50. The van der Waals surface area contributed by atoms with Crippen LogP contribution in [0.2, 0.25) is 0 Å². The van der Waals surface area contributed by atoms with Crippen molar-refractivity contribution in [1.29, 1.82) is 0 Å². The van der Waals surface area contributed by atoms with Crippen LogP contribution in [0.25, 0.3) is 0 Å². The Labute approximate surface area is 102 Å². The van der Waals surface area contributed by atoms with Crippen molar-refractivity contribution < 1.29 is 9.84 Å². The number of aliphatic hydroxyl groups is 1. The maximum atomic E-state index is 10.1. The third kappa shape index (κ3) is 4.06. The molecule has 1 N–H and O–H groups in total. The molecule has 0 fully saturated rings. The number of ether oxygens (including phenoxy) is 1. The molecule has 90 valence electrons. The van der Waals surface area contributed by atoms with Gasteiger partial charge in [0.05, 0.1) is 12.7 Å². The van der Waals surface area contributed by atoms with E-state index in [0.29, 0.717) is 6.61 Å². The highest BCUT2D eigenvalue weighted by molar-refractivity contribution is 7.98. The highest BCUT2D eigenvalue weighted by Gasteiger charge is 2.12. The third-order valence-corrected chi connectivity index (χ3v) is 3.10. The molecule has 0 aliphatic heterocycles. The van der Waals surface area contributed by atoms with E-state index in [1.807, 2.05) is 43.0 Å². The van der Waals surface area contributed by atoms with E-state index in [1.54, 1.807) is 0 Å². The van der Waals surface area contributed by atoms with Gasteiger partial charge in [0.2, 0.25) is 0 Å². The van der Waals surface area contributed by atoms with Crippen LogP contribution in [0.15, 0.2) is 24.3 Å². The van der Waals surface area contributed by atoms with Crippen molar-refractivity contribution in [3.8, 4) is 5.75 Å². The molecule has 0 heterocycles. The van der Waals surface area contributed by atoms with Crippen molar-refractivity contribution in [3.05, 3.63) is 29.8 Å². The number of hydrogen-bond acceptors (Lipinski definition) is 3. The normalized spacial score (nSPS) is 12.4. The second-order valence-corrected chi connectivity index (χ2v) is 4.61. The summed E-state index contributed by atoms with van der Waals surface area (Å²) in [6.07, 6.45) is 3.50. The standard InChI is InChI=1S/C13H20O2S/c1-3-15-13-9-5-4-7-11(13)12(14)8-6-10-16-2/h4-5,7,9,12,14H,3,6,8,10H2,1-2H3. The summed E-state index contributed by atoms with van der Waals surface area (Å²) in [6, 6.07) is 7.73. The van der Waals surface area contributed by atoms with Gasteiger partial charge in [0.1, 0.15) is 5.75 Å². The van der Waals surface area contributed by atoms with Crippen LogP contribution in [0.5, 0.6) is 5.75 Å². The van der Waals surface area contributed by atoms with Gasteiger partial charge < -0.3 is 9.84 Å². The van der Waals surface area contributed by atoms with Gasteiger partial charge in [0.25, 0.3) is 0 Å². The average molecular weight is 240 g/mol. The molecular weight excluding hydrogens is 220 g/mol. The van der Waals surface area contributed by atoms with Crippen LogP contribution in [0.4, 0.5) is 0 Å². The molecule has 1 aromatic rings. The number of thioether (sulfide) groups is 1. The molecule has 0 aliphatic rings. The summed E-state index contributed by atoms with van der Waals surface area (Å²) in [6.45, 7) is 2.59. The Hall–Kier alpha value is -0.670. The van der Waals surface area contributed by atoms with Crippen LogP contribution in [0.1, 0.15) is 31.4 Å².